The summed E-state index contributed by atoms with van der Waals surface area (Å²) in [6, 6.07) is 6.27. The molecule has 0 unspecified atom stereocenters. The second-order valence-corrected chi connectivity index (χ2v) is 4.32. The summed E-state index contributed by atoms with van der Waals surface area (Å²) in [7, 11) is 0. The summed E-state index contributed by atoms with van der Waals surface area (Å²) in [5.41, 5.74) is 0.499. The molecule has 0 N–H and O–H groups in total. The lowest BCUT2D eigenvalue weighted by atomic mass is 10.1. The average molecular weight is 277 g/mol. The number of amides is 2. The number of imide groups is 1. The van der Waals surface area contributed by atoms with Crippen LogP contribution < -0.4 is 0 Å². The number of hydroxylamine groups is 2. The molecule has 0 spiro atoms. The molecule has 2 amide bonds. The van der Waals surface area contributed by atoms with E-state index in [1.807, 2.05) is 0 Å². The highest BCUT2D eigenvalue weighted by atomic mass is 16.7. The van der Waals surface area contributed by atoms with Gasteiger partial charge in [0.15, 0.2) is 0 Å². The molecule has 0 bridgehead atoms. The van der Waals surface area contributed by atoms with E-state index in [-0.39, 0.29) is 17.6 Å². The highest BCUT2D eigenvalue weighted by Crippen LogP contribution is 2.21. The third kappa shape index (κ3) is 3.03. The molecule has 20 heavy (non-hydrogen) atoms. The van der Waals surface area contributed by atoms with E-state index in [0.29, 0.717) is 5.06 Å². The molecule has 0 atom stereocenters. The molecule has 1 saturated heterocycles. The van der Waals surface area contributed by atoms with Crippen molar-refractivity contribution >= 4 is 18.3 Å². The Balaban J connectivity index is 0.000000205. The molecule has 0 aliphatic carbocycles. The van der Waals surface area contributed by atoms with Gasteiger partial charge in [-0.15, -0.1) is 0 Å². The third-order valence-electron chi connectivity index (χ3n) is 2.98. The maximum atomic E-state index is 11.4. The van der Waals surface area contributed by atoms with Gasteiger partial charge >= 0.3 is 6.47 Å². The van der Waals surface area contributed by atoms with E-state index in [0.717, 1.165) is 13.2 Å². The molecule has 0 radical (unpaired) electrons. The predicted molar refractivity (Wildman–Crippen MR) is 68.8 cm³/mol. The van der Waals surface area contributed by atoms with Crippen LogP contribution in [0.4, 0.5) is 0 Å². The number of carbonyl (C=O) groups excluding carboxylic acids is 3. The van der Waals surface area contributed by atoms with Crippen LogP contribution >= 0.6 is 0 Å². The average Bonchev–Trinajstić information content (AvgIpc) is 2.76. The molecule has 6 heteroatoms. The van der Waals surface area contributed by atoms with Crippen LogP contribution in [0.2, 0.25) is 0 Å². The molecule has 6 nitrogen and oxygen atoms in total. The van der Waals surface area contributed by atoms with Gasteiger partial charge in [0.2, 0.25) is 0 Å². The van der Waals surface area contributed by atoms with Crippen LogP contribution in [0, 0.1) is 0 Å². The topological polar surface area (TPSA) is 72.9 Å². The van der Waals surface area contributed by atoms with Crippen molar-refractivity contribution in [2.75, 3.05) is 13.2 Å². The molecular weight excluding hydrogens is 262 g/mol. The van der Waals surface area contributed by atoms with Crippen LogP contribution in [-0.4, -0.2) is 36.6 Å². The maximum absolute atomic E-state index is 11.4. The molecule has 1 fully saturated rings. The van der Waals surface area contributed by atoms with Crippen molar-refractivity contribution in [3.05, 3.63) is 35.4 Å². The van der Waals surface area contributed by atoms with Gasteiger partial charge in [0.1, 0.15) is 0 Å². The van der Waals surface area contributed by atoms with Gasteiger partial charge in [-0.1, -0.05) is 17.2 Å². The molecule has 2 aliphatic rings. The Kier molecular flexibility index (Phi) is 4.84. The van der Waals surface area contributed by atoms with Crippen LogP contribution in [0.25, 0.3) is 0 Å². The molecule has 2 heterocycles. The lowest BCUT2D eigenvalue weighted by molar-refractivity contribution is -0.151. The van der Waals surface area contributed by atoms with E-state index in [1.54, 1.807) is 12.1 Å². The number of rotatable bonds is 2. The SMILES string of the molecule is C1CCOCC1.O=CON1C(=O)c2ccccc2C1=O. The van der Waals surface area contributed by atoms with Gasteiger partial charge in [-0.05, 0) is 31.4 Å². The van der Waals surface area contributed by atoms with E-state index >= 15 is 0 Å². The summed E-state index contributed by atoms with van der Waals surface area (Å²) in [4.78, 5) is 37.1. The summed E-state index contributed by atoms with van der Waals surface area (Å²) in [5, 5.41) is 0.442. The lowest BCUT2D eigenvalue weighted by Gasteiger charge is -2.08. The first-order valence-electron chi connectivity index (χ1n) is 6.41. The van der Waals surface area contributed by atoms with E-state index < -0.39 is 11.8 Å². The minimum absolute atomic E-state index is 0.0433. The standard InChI is InChI=1S/C9H5NO4.C5H10O/c11-5-14-10-8(12)6-3-1-2-4-7(6)9(10)13;1-2-4-6-5-3-1/h1-5H;1-5H2. The zero-order chi connectivity index (χ0) is 14.4. The smallest absolute Gasteiger partial charge is 0.321 e. The number of fused-ring (bicyclic) bond motifs is 1. The Morgan fingerprint density at radius 1 is 1.00 bits per heavy atom. The number of ether oxygens (including phenoxy) is 1. The highest BCUT2D eigenvalue weighted by Gasteiger charge is 2.37. The Labute approximate surface area is 116 Å². The Bertz CT molecular complexity index is 464. The first kappa shape index (κ1) is 14.2. The van der Waals surface area contributed by atoms with Crippen molar-refractivity contribution in [1.82, 2.24) is 5.06 Å². The van der Waals surface area contributed by atoms with Gasteiger partial charge in [-0.3, -0.25) is 14.4 Å². The zero-order valence-corrected chi connectivity index (χ0v) is 10.9. The maximum Gasteiger partial charge on any atom is 0.321 e. The number of hydrogen-bond acceptors (Lipinski definition) is 5. The Hall–Kier alpha value is -2.21. The number of benzene rings is 1. The van der Waals surface area contributed by atoms with E-state index in [4.69, 9.17) is 4.74 Å². The van der Waals surface area contributed by atoms with Gasteiger partial charge in [0.25, 0.3) is 11.8 Å². The third-order valence-corrected chi connectivity index (χ3v) is 2.98. The molecule has 2 aliphatic heterocycles. The minimum atomic E-state index is -0.613. The molecule has 106 valence electrons. The molecule has 0 saturated carbocycles. The zero-order valence-electron chi connectivity index (χ0n) is 10.9. The fourth-order valence-electron chi connectivity index (χ4n) is 1.99. The predicted octanol–water partition coefficient (Wildman–Crippen LogP) is 1.56. The number of nitrogens with zero attached hydrogens (tertiary/aromatic N) is 1. The van der Waals surface area contributed by atoms with Crippen molar-refractivity contribution in [2.45, 2.75) is 19.3 Å². The van der Waals surface area contributed by atoms with Crippen molar-refractivity contribution in [3.63, 3.8) is 0 Å². The first-order valence-corrected chi connectivity index (χ1v) is 6.41. The summed E-state index contributed by atoms with van der Waals surface area (Å²) in [6.45, 7) is 2.04. The summed E-state index contributed by atoms with van der Waals surface area (Å²) < 4.78 is 5.07. The van der Waals surface area contributed by atoms with E-state index in [1.165, 1.54) is 31.4 Å². The van der Waals surface area contributed by atoms with Crippen LogP contribution in [0.3, 0.4) is 0 Å². The van der Waals surface area contributed by atoms with Gasteiger partial charge in [0.05, 0.1) is 11.1 Å². The van der Waals surface area contributed by atoms with Crippen molar-refractivity contribution in [1.29, 1.82) is 0 Å². The Morgan fingerprint density at radius 3 is 1.90 bits per heavy atom. The van der Waals surface area contributed by atoms with Crippen molar-refractivity contribution < 1.29 is 24.0 Å². The fraction of sp³-hybridized carbons (Fsp3) is 0.357. The first-order chi connectivity index (χ1) is 9.75. The van der Waals surface area contributed by atoms with Gasteiger partial charge < -0.3 is 9.57 Å². The normalized spacial score (nSPS) is 17.1. The largest absolute Gasteiger partial charge is 0.381 e. The summed E-state index contributed by atoms with van der Waals surface area (Å²) in [6.07, 6.45) is 3.93. The van der Waals surface area contributed by atoms with Crippen LogP contribution in [-0.2, 0) is 14.4 Å². The van der Waals surface area contributed by atoms with Gasteiger partial charge in [0, 0.05) is 13.2 Å². The van der Waals surface area contributed by atoms with E-state index in [9.17, 15) is 14.4 Å². The second kappa shape index (κ2) is 6.81. The molecular formula is C14H15NO5. The molecule has 3 rings (SSSR count). The Morgan fingerprint density at radius 2 is 1.55 bits per heavy atom. The molecule has 1 aromatic rings. The van der Waals surface area contributed by atoms with Crippen molar-refractivity contribution in [2.24, 2.45) is 0 Å². The van der Waals surface area contributed by atoms with Crippen LogP contribution in [0.15, 0.2) is 24.3 Å². The number of carbonyl (C=O) groups is 3. The molecule has 0 aromatic heterocycles. The number of hydrogen-bond donors (Lipinski definition) is 0. The highest BCUT2D eigenvalue weighted by molar-refractivity contribution is 6.20. The van der Waals surface area contributed by atoms with Crippen molar-refractivity contribution in [3.8, 4) is 0 Å². The summed E-state index contributed by atoms with van der Waals surface area (Å²) >= 11 is 0. The minimum Gasteiger partial charge on any atom is -0.381 e. The van der Waals surface area contributed by atoms with Crippen LogP contribution in [0.5, 0.6) is 0 Å². The lowest BCUT2D eigenvalue weighted by Crippen LogP contribution is -2.29. The second-order valence-electron chi connectivity index (χ2n) is 4.32. The van der Waals surface area contributed by atoms with Gasteiger partial charge in [-0.2, -0.15) is 0 Å². The monoisotopic (exact) mass is 277 g/mol. The van der Waals surface area contributed by atoms with Gasteiger partial charge in [-0.25, -0.2) is 0 Å². The summed E-state index contributed by atoms with van der Waals surface area (Å²) in [5.74, 6) is -1.23. The molecule has 1 aromatic carbocycles. The van der Waals surface area contributed by atoms with E-state index in [2.05, 4.69) is 4.84 Å². The van der Waals surface area contributed by atoms with Crippen LogP contribution in [0.1, 0.15) is 40.0 Å². The fourth-order valence-corrected chi connectivity index (χ4v) is 1.99. The quantitative estimate of drug-likeness (QED) is 0.606.